The molecule has 7 heteroatoms. The Morgan fingerprint density at radius 1 is 1.20 bits per heavy atom. The number of carbonyl (C=O) groups is 1. The van der Waals surface area contributed by atoms with Crippen LogP contribution in [0.4, 0.5) is 0 Å². The van der Waals surface area contributed by atoms with E-state index in [1.54, 1.807) is 11.4 Å². The van der Waals surface area contributed by atoms with Crippen molar-refractivity contribution < 1.29 is 9.53 Å². The average Bonchev–Trinajstić information content (AvgIpc) is 3.04. The Bertz CT molecular complexity index is 853. The van der Waals surface area contributed by atoms with Gasteiger partial charge in [0.05, 0.1) is 5.01 Å². The number of primary amides is 1. The average molecular weight is 395 g/mol. The monoisotopic (exact) mass is 394 g/mol. The number of halogens is 2. The van der Waals surface area contributed by atoms with Gasteiger partial charge < -0.3 is 10.5 Å². The van der Waals surface area contributed by atoms with E-state index in [4.69, 9.17) is 22.1 Å². The summed E-state index contributed by atoms with van der Waals surface area (Å²) in [5, 5.41) is 3.08. The molecule has 0 aliphatic rings. The number of nitrogens with two attached hydrogens (primary N) is 1. The molecule has 2 aromatic carbocycles. The second kappa shape index (κ2) is 8.85. The standard InChI is InChI=1S/C18H15ClN2O2S.ClH/c19-14-6-7-16(23-10-12-4-2-1-3-5-12)13(8-14)9-17-21-15(11-24-17)18(20)22;/h1-8,11H,9-10H2,(H2,20,22);1H. The fraction of sp³-hybridized carbons (Fsp3) is 0.111. The van der Waals surface area contributed by atoms with Crippen molar-refractivity contribution >= 4 is 41.3 Å². The normalized spacial score (nSPS) is 10.1. The fourth-order valence-corrected chi connectivity index (χ4v) is 3.23. The summed E-state index contributed by atoms with van der Waals surface area (Å²) in [6.45, 7) is 0.472. The summed E-state index contributed by atoms with van der Waals surface area (Å²) in [5.41, 5.74) is 7.53. The predicted octanol–water partition coefficient (Wildman–Crippen LogP) is 4.49. The highest BCUT2D eigenvalue weighted by atomic mass is 35.5. The molecule has 1 amide bonds. The van der Waals surface area contributed by atoms with Crippen molar-refractivity contribution in [3.63, 3.8) is 0 Å². The lowest BCUT2D eigenvalue weighted by molar-refractivity contribution is 0.0996. The maximum absolute atomic E-state index is 11.2. The second-order valence-electron chi connectivity index (χ2n) is 5.19. The largest absolute Gasteiger partial charge is 0.489 e. The Hall–Kier alpha value is -2.08. The van der Waals surface area contributed by atoms with Crippen LogP contribution in [0.2, 0.25) is 5.02 Å². The highest BCUT2D eigenvalue weighted by Crippen LogP contribution is 2.27. The van der Waals surface area contributed by atoms with Crippen molar-refractivity contribution in [3.8, 4) is 5.75 Å². The van der Waals surface area contributed by atoms with E-state index in [1.165, 1.54) is 11.3 Å². The van der Waals surface area contributed by atoms with Crippen molar-refractivity contribution in [2.75, 3.05) is 0 Å². The van der Waals surface area contributed by atoms with Crippen LogP contribution in [0.15, 0.2) is 53.9 Å². The zero-order chi connectivity index (χ0) is 16.9. The smallest absolute Gasteiger partial charge is 0.268 e. The van der Waals surface area contributed by atoms with E-state index < -0.39 is 5.91 Å². The Morgan fingerprint density at radius 3 is 2.64 bits per heavy atom. The van der Waals surface area contributed by atoms with Crippen molar-refractivity contribution in [1.82, 2.24) is 4.98 Å². The first-order valence-electron chi connectivity index (χ1n) is 7.31. The van der Waals surface area contributed by atoms with Gasteiger partial charge in [-0.15, -0.1) is 23.7 Å². The van der Waals surface area contributed by atoms with Crippen LogP contribution in [0.5, 0.6) is 5.75 Å². The number of hydrogen-bond acceptors (Lipinski definition) is 4. The lowest BCUT2D eigenvalue weighted by atomic mass is 10.1. The lowest BCUT2D eigenvalue weighted by Gasteiger charge is -2.11. The van der Waals surface area contributed by atoms with E-state index in [1.807, 2.05) is 42.5 Å². The van der Waals surface area contributed by atoms with E-state index in [9.17, 15) is 4.79 Å². The highest BCUT2D eigenvalue weighted by Gasteiger charge is 2.11. The number of carbonyl (C=O) groups excluding carboxylic acids is 1. The Kier molecular flexibility index (Phi) is 6.82. The first-order chi connectivity index (χ1) is 11.6. The van der Waals surface area contributed by atoms with E-state index in [0.29, 0.717) is 18.1 Å². The minimum atomic E-state index is -0.524. The van der Waals surface area contributed by atoms with Gasteiger partial charge in [0.15, 0.2) is 0 Å². The van der Waals surface area contributed by atoms with E-state index in [0.717, 1.165) is 21.9 Å². The summed E-state index contributed by atoms with van der Waals surface area (Å²) in [7, 11) is 0. The van der Waals surface area contributed by atoms with Crippen molar-refractivity contribution in [2.45, 2.75) is 13.0 Å². The van der Waals surface area contributed by atoms with Crippen LogP contribution in [0.1, 0.15) is 26.6 Å². The molecule has 1 heterocycles. The van der Waals surface area contributed by atoms with Gasteiger partial charge in [0.25, 0.3) is 5.91 Å². The van der Waals surface area contributed by atoms with Crippen LogP contribution in [0.25, 0.3) is 0 Å². The third-order valence-electron chi connectivity index (χ3n) is 3.41. The van der Waals surface area contributed by atoms with Crippen LogP contribution < -0.4 is 10.5 Å². The second-order valence-corrected chi connectivity index (χ2v) is 6.57. The van der Waals surface area contributed by atoms with Crippen LogP contribution in [-0.4, -0.2) is 10.9 Å². The van der Waals surface area contributed by atoms with Gasteiger partial charge in [-0.3, -0.25) is 4.79 Å². The SMILES string of the molecule is Cl.NC(=O)c1csc(Cc2cc(Cl)ccc2OCc2ccccc2)n1. The molecule has 130 valence electrons. The van der Waals surface area contributed by atoms with Crippen LogP contribution >= 0.6 is 35.3 Å². The lowest BCUT2D eigenvalue weighted by Crippen LogP contribution is -2.11. The predicted molar refractivity (Wildman–Crippen MR) is 103 cm³/mol. The van der Waals surface area contributed by atoms with E-state index in [2.05, 4.69) is 4.98 Å². The summed E-state index contributed by atoms with van der Waals surface area (Å²) >= 11 is 7.50. The summed E-state index contributed by atoms with van der Waals surface area (Å²) < 4.78 is 5.93. The number of ether oxygens (including phenoxy) is 1. The van der Waals surface area contributed by atoms with Gasteiger partial charge >= 0.3 is 0 Å². The molecule has 0 radical (unpaired) electrons. The van der Waals surface area contributed by atoms with Crippen LogP contribution in [-0.2, 0) is 13.0 Å². The number of nitrogens with zero attached hydrogens (tertiary/aromatic N) is 1. The van der Waals surface area contributed by atoms with Gasteiger partial charge in [0, 0.05) is 22.4 Å². The third-order valence-corrected chi connectivity index (χ3v) is 4.49. The molecular formula is C18H16Cl2N2O2S. The molecule has 1 aromatic heterocycles. The first-order valence-corrected chi connectivity index (χ1v) is 8.57. The third kappa shape index (κ3) is 5.19. The number of rotatable bonds is 6. The molecule has 3 aromatic rings. The number of thiazole rings is 1. The number of benzene rings is 2. The summed E-state index contributed by atoms with van der Waals surface area (Å²) in [5.74, 6) is 0.225. The van der Waals surface area contributed by atoms with Gasteiger partial charge in [0.2, 0.25) is 0 Å². The van der Waals surface area contributed by atoms with Crippen molar-refractivity contribution in [1.29, 1.82) is 0 Å². The topological polar surface area (TPSA) is 65.2 Å². The summed E-state index contributed by atoms with van der Waals surface area (Å²) in [6, 6.07) is 15.4. The van der Waals surface area contributed by atoms with Gasteiger partial charge in [-0.1, -0.05) is 41.9 Å². The van der Waals surface area contributed by atoms with Crippen molar-refractivity contribution in [3.05, 3.63) is 80.8 Å². The maximum Gasteiger partial charge on any atom is 0.268 e. The molecule has 0 saturated heterocycles. The minimum Gasteiger partial charge on any atom is -0.489 e. The Morgan fingerprint density at radius 2 is 1.96 bits per heavy atom. The molecule has 4 nitrogen and oxygen atoms in total. The quantitative estimate of drug-likeness (QED) is 0.669. The van der Waals surface area contributed by atoms with Gasteiger partial charge in [-0.25, -0.2) is 4.98 Å². The highest BCUT2D eigenvalue weighted by molar-refractivity contribution is 7.09. The molecule has 2 N–H and O–H groups in total. The molecule has 0 aliphatic carbocycles. The Labute approximate surface area is 161 Å². The van der Waals surface area contributed by atoms with Crippen LogP contribution in [0.3, 0.4) is 0 Å². The Balaban J connectivity index is 0.00000225. The molecular weight excluding hydrogens is 379 g/mol. The molecule has 25 heavy (non-hydrogen) atoms. The number of aromatic nitrogens is 1. The molecule has 0 fully saturated rings. The zero-order valence-electron chi connectivity index (χ0n) is 13.1. The molecule has 0 bridgehead atoms. The summed E-state index contributed by atoms with van der Waals surface area (Å²) in [6.07, 6.45) is 0.530. The van der Waals surface area contributed by atoms with Gasteiger partial charge in [0.1, 0.15) is 18.1 Å². The molecule has 0 aliphatic heterocycles. The first kappa shape index (κ1) is 19.2. The van der Waals surface area contributed by atoms with Crippen LogP contribution in [0, 0.1) is 0 Å². The maximum atomic E-state index is 11.2. The zero-order valence-corrected chi connectivity index (χ0v) is 15.5. The molecule has 3 rings (SSSR count). The molecule has 0 unspecified atom stereocenters. The van der Waals surface area contributed by atoms with Gasteiger partial charge in [-0.2, -0.15) is 0 Å². The van der Waals surface area contributed by atoms with Gasteiger partial charge in [-0.05, 0) is 23.8 Å². The van der Waals surface area contributed by atoms with E-state index in [-0.39, 0.29) is 18.1 Å². The minimum absolute atomic E-state index is 0. The molecule has 0 atom stereocenters. The summed E-state index contributed by atoms with van der Waals surface area (Å²) in [4.78, 5) is 15.4. The molecule has 0 saturated carbocycles. The molecule has 0 spiro atoms. The fourth-order valence-electron chi connectivity index (χ4n) is 2.23. The van der Waals surface area contributed by atoms with E-state index >= 15 is 0 Å². The number of hydrogen-bond donors (Lipinski definition) is 1. The van der Waals surface area contributed by atoms with Crippen molar-refractivity contribution in [2.24, 2.45) is 5.73 Å². The number of amides is 1.